The summed E-state index contributed by atoms with van der Waals surface area (Å²) in [4.78, 5) is 37.4. The third-order valence-corrected chi connectivity index (χ3v) is 5.65. The van der Waals surface area contributed by atoms with Crippen LogP contribution in [0.4, 0.5) is 0 Å². The number of carboxylic acids is 1. The van der Waals surface area contributed by atoms with Crippen LogP contribution in [0.3, 0.4) is 0 Å². The summed E-state index contributed by atoms with van der Waals surface area (Å²) in [6, 6.07) is -1.60. The van der Waals surface area contributed by atoms with Crippen LogP contribution in [0.25, 0.3) is 0 Å². The summed E-state index contributed by atoms with van der Waals surface area (Å²) in [7, 11) is 1.37. The molecule has 26 heavy (non-hydrogen) atoms. The molecule has 3 aliphatic rings. The fraction of sp³-hybridized carbons (Fsp3) is 0.438. The number of carboxylic acid groups (broad SMARTS) is 1. The second-order valence-electron chi connectivity index (χ2n) is 5.85. The number of nitrogens with zero attached hydrogens (tertiary/aromatic N) is 1. The number of thioether (sulfide) groups is 1. The molecule has 9 nitrogen and oxygen atoms in total. The highest BCUT2D eigenvalue weighted by atomic mass is 32.2. The molecule has 0 aromatic rings. The van der Waals surface area contributed by atoms with Crippen LogP contribution in [0.5, 0.6) is 0 Å². The zero-order chi connectivity index (χ0) is 18.1. The SMILES string of the molecule is COC1=C(C(=O)O)N2C(=O)C(NC(=O)C(N)C3=CCC=CC3)[C@@H]2SC1.O. The van der Waals surface area contributed by atoms with Crippen LogP contribution < -0.4 is 11.1 Å². The smallest absolute Gasteiger partial charge is 0.356 e. The minimum Gasteiger partial charge on any atom is -0.498 e. The second-order valence-corrected chi connectivity index (χ2v) is 6.95. The normalized spacial score (nSPS) is 25.4. The van der Waals surface area contributed by atoms with E-state index in [2.05, 4.69) is 5.32 Å². The summed E-state index contributed by atoms with van der Waals surface area (Å²) in [6.45, 7) is 0. The molecule has 3 atom stereocenters. The first-order valence-electron chi connectivity index (χ1n) is 7.80. The molecule has 1 aliphatic carbocycles. The van der Waals surface area contributed by atoms with E-state index in [4.69, 9.17) is 10.5 Å². The number of hydrogen-bond donors (Lipinski definition) is 3. The lowest BCUT2D eigenvalue weighted by atomic mass is 9.97. The molecule has 1 fully saturated rings. The zero-order valence-corrected chi connectivity index (χ0v) is 14.9. The molecule has 2 amide bonds. The molecule has 3 rings (SSSR count). The van der Waals surface area contributed by atoms with E-state index < -0.39 is 35.2 Å². The summed E-state index contributed by atoms with van der Waals surface area (Å²) in [5.41, 5.74) is 6.63. The number of rotatable bonds is 5. The molecule has 1 saturated heterocycles. The van der Waals surface area contributed by atoms with Gasteiger partial charge in [0.1, 0.15) is 23.2 Å². The average molecular weight is 383 g/mol. The van der Waals surface area contributed by atoms with Crippen molar-refractivity contribution in [2.24, 2.45) is 5.73 Å². The van der Waals surface area contributed by atoms with Gasteiger partial charge in [0.05, 0.1) is 12.9 Å². The van der Waals surface area contributed by atoms with Crippen molar-refractivity contribution in [1.29, 1.82) is 0 Å². The molecule has 0 bridgehead atoms. The Morgan fingerprint density at radius 1 is 1.46 bits per heavy atom. The maximum atomic E-state index is 12.4. The van der Waals surface area contributed by atoms with Crippen LogP contribution in [0.2, 0.25) is 0 Å². The summed E-state index contributed by atoms with van der Waals surface area (Å²) >= 11 is 1.35. The first kappa shape index (κ1) is 20.0. The predicted octanol–water partition coefficient (Wildman–Crippen LogP) is -0.892. The number of nitrogens with two attached hydrogens (primary N) is 1. The fourth-order valence-electron chi connectivity index (χ4n) is 3.03. The standard InChI is InChI=1S/C16H19N3O5S.H2O/c1-24-9-7-25-15-11(14(21)19(15)12(9)16(22)23)18-13(20)10(17)8-5-3-2-4-6-8;/h2-3,6,10-11,15H,4-5,7,17H2,1H3,(H,18,20)(H,22,23);1H2/t10?,11?,15-;/m0./s1. The zero-order valence-electron chi connectivity index (χ0n) is 14.1. The highest BCUT2D eigenvalue weighted by Crippen LogP contribution is 2.40. The second kappa shape index (κ2) is 7.94. The van der Waals surface area contributed by atoms with Crippen molar-refractivity contribution in [1.82, 2.24) is 10.2 Å². The molecule has 0 radical (unpaired) electrons. The minimum atomic E-state index is -1.23. The molecule has 0 aromatic heterocycles. The first-order valence-corrected chi connectivity index (χ1v) is 8.85. The highest BCUT2D eigenvalue weighted by Gasteiger charge is 2.55. The topological polar surface area (TPSA) is 153 Å². The van der Waals surface area contributed by atoms with E-state index in [9.17, 15) is 19.5 Å². The van der Waals surface area contributed by atoms with E-state index >= 15 is 0 Å². The van der Waals surface area contributed by atoms with Gasteiger partial charge in [-0.15, -0.1) is 11.8 Å². The summed E-state index contributed by atoms with van der Waals surface area (Å²) in [6.07, 6.45) is 7.20. The van der Waals surface area contributed by atoms with E-state index in [1.165, 1.54) is 18.9 Å². The Labute approximate surface area is 154 Å². The summed E-state index contributed by atoms with van der Waals surface area (Å²) in [5, 5.41) is 11.5. The lowest BCUT2D eigenvalue weighted by molar-refractivity contribution is -0.151. The van der Waals surface area contributed by atoms with E-state index in [0.717, 1.165) is 16.9 Å². The van der Waals surface area contributed by atoms with Gasteiger partial charge in [-0.05, 0) is 18.4 Å². The molecule has 2 heterocycles. The van der Waals surface area contributed by atoms with Gasteiger partial charge in [0.25, 0.3) is 5.91 Å². The summed E-state index contributed by atoms with van der Waals surface area (Å²) < 4.78 is 5.06. The van der Waals surface area contributed by atoms with Crippen molar-refractivity contribution in [3.8, 4) is 0 Å². The molecule has 2 aliphatic heterocycles. The highest BCUT2D eigenvalue weighted by molar-refractivity contribution is 8.00. The molecule has 2 unspecified atom stereocenters. The molecule has 6 N–H and O–H groups in total. The maximum absolute atomic E-state index is 12.4. The Morgan fingerprint density at radius 3 is 2.77 bits per heavy atom. The van der Waals surface area contributed by atoms with Crippen molar-refractivity contribution < 1.29 is 29.7 Å². The maximum Gasteiger partial charge on any atom is 0.356 e. The van der Waals surface area contributed by atoms with E-state index in [-0.39, 0.29) is 16.9 Å². The Bertz CT molecular complexity index is 717. The van der Waals surface area contributed by atoms with Crippen LogP contribution in [-0.2, 0) is 19.1 Å². The van der Waals surface area contributed by atoms with Gasteiger partial charge >= 0.3 is 5.97 Å². The number of nitrogens with one attached hydrogen (secondary N) is 1. The van der Waals surface area contributed by atoms with Crippen LogP contribution in [-0.4, -0.2) is 63.6 Å². The van der Waals surface area contributed by atoms with Gasteiger partial charge in [0.2, 0.25) is 5.91 Å². The summed E-state index contributed by atoms with van der Waals surface area (Å²) in [5.74, 6) is -1.57. The van der Waals surface area contributed by atoms with Crippen molar-refractivity contribution >= 4 is 29.5 Å². The fourth-order valence-corrected chi connectivity index (χ4v) is 4.34. The van der Waals surface area contributed by atoms with Gasteiger partial charge < -0.3 is 26.4 Å². The number of amides is 2. The number of ether oxygens (including phenoxy) is 1. The molecule has 0 spiro atoms. The van der Waals surface area contributed by atoms with Gasteiger partial charge in [-0.3, -0.25) is 14.5 Å². The van der Waals surface area contributed by atoms with Crippen LogP contribution in [0.15, 0.2) is 35.3 Å². The van der Waals surface area contributed by atoms with Crippen LogP contribution in [0, 0.1) is 0 Å². The third-order valence-electron chi connectivity index (χ3n) is 4.40. The molecular weight excluding hydrogens is 362 g/mol. The van der Waals surface area contributed by atoms with Crippen molar-refractivity contribution in [3.05, 3.63) is 35.3 Å². The molecular formula is C16H21N3O6S. The molecule has 0 saturated carbocycles. The van der Waals surface area contributed by atoms with Crippen molar-refractivity contribution in [3.63, 3.8) is 0 Å². The first-order chi connectivity index (χ1) is 12.0. The number of allylic oxidation sites excluding steroid dienone is 3. The Morgan fingerprint density at radius 2 is 2.19 bits per heavy atom. The predicted molar refractivity (Wildman–Crippen MR) is 94.7 cm³/mol. The number of fused-ring (bicyclic) bond motifs is 1. The van der Waals surface area contributed by atoms with Crippen molar-refractivity contribution in [2.75, 3.05) is 12.9 Å². The van der Waals surface area contributed by atoms with Gasteiger partial charge in [-0.1, -0.05) is 18.2 Å². The minimum absolute atomic E-state index is 0. The number of aliphatic carboxylic acids is 1. The lowest BCUT2D eigenvalue weighted by Crippen LogP contribution is -2.71. The van der Waals surface area contributed by atoms with Crippen LogP contribution >= 0.6 is 11.8 Å². The molecule has 0 aromatic carbocycles. The van der Waals surface area contributed by atoms with Crippen LogP contribution in [0.1, 0.15) is 12.8 Å². The quantitative estimate of drug-likeness (QED) is 0.411. The third kappa shape index (κ3) is 3.35. The van der Waals surface area contributed by atoms with Crippen molar-refractivity contribution in [2.45, 2.75) is 30.3 Å². The van der Waals surface area contributed by atoms with E-state index in [1.807, 2.05) is 18.2 Å². The van der Waals surface area contributed by atoms with Gasteiger partial charge in [-0.25, -0.2) is 4.79 Å². The van der Waals surface area contributed by atoms with E-state index in [1.54, 1.807) is 0 Å². The van der Waals surface area contributed by atoms with Gasteiger partial charge in [0, 0.05) is 0 Å². The molecule has 10 heteroatoms. The number of carbonyl (C=O) groups is 3. The Hall–Kier alpha value is -2.30. The number of methoxy groups -OCH3 is 1. The monoisotopic (exact) mass is 383 g/mol. The van der Waals surface area contributed by atoms with Gasteiger partial charge in [0.15, 0.2) is 5.70 Å². The average Bonchev–Trinajstić information content (AvgIpc) is 2.64. The number of hydrogen-bond acceptors (Lipinski definition) is 6. The lowest BCUT2D eigenvalue weighted by Gasteiger charge is -2.49. The number of β-lactam (4-membered cyclic amide) rings is 1. The van der Waals surface area contributed by atoms with Gasteiger partial charge in [-0.2, -0.15) is 0 Å². The largest absolute Gasteiger partial charge is 0.498 e. The number of carbonyl (C=O) groups excluding carboxylic acids is 2. The van der Waals surface area contributed by atoms with E-state index in [0.29, 0.717) is 12.2 Å². The molecule has 142 valence electrons. The Kier molecular flexibility index (Phi) is 6.11. The Balaban J connectivity index is 0.00000243.